The van der Waals surface area contributed by atoms with Crippen LogP contribution in [-0.2, 0) is 16.6 Å². The first kappa shape index (κ1) is 14.8. The summed E-state index contributed by atoms with van der Waals surface area (Å²) in [7, 11) is -3.75. The molecule has 6 nitrogen and oxygen atoms in total. The summed E-state index contributed by atoms with van der Waals surface area (Å²) < 4.78 is 29.4. The number of aromatic nitrogens is 3. The monoisotopic (exact) mass is 336 g/mol. The first-order chi connectivity index (χ1) is 10.5. The molecule has 1 aromatic carbocycles. The first-order valence-electron chi connectivity index (χ1n) is 6.60. The van der Waals surface area contributed by atoms with Gasteiger partial charge in [-0.3, -0.25) is 14.4 Å². The fraction of sp³-hybridized carbons (Fsp3) is 0.143. The summed E-state index contributed by atoms with van der Waals surface area (Å²) in [5.41, 5.74) is 0.866. The number of fused-ring (bicyclic) bond motifs is 1. The van der Waals surface area contributed by atoms with Crippen LogP contribution in [0.4, 0.5) is 5.69 Å². The van der Waals surface area contributed by atoms with Gasteiger partial charge in [0.05, 0.1) is 27.3 Å². The maximum Gasteiger partial charge on any atom is 0.262 e. The lowest BCUT2D eigenvalue weighted by Crippen LogP contribution is -2.13. The molecule has 2 aromatic heterocycles. The Morgan fingerprint density at radius 1 is 1.32 bits per heavy atom. The van der Waals surface area contributed by atoms with Gasteiger partial charge in [-0.25, -0.2) is 8.42 Å². The van der Waals surface area contributed by atoms with Crippen molar-refractivity contribution in [3.63, 3.8) is 0 Å². The van der Waals surface area contributed by atoms with Crippen LogP contribution < -0.4 is 4.72 Å². The Labute approximate surface area is 132 Å². The zero-order chi connectivity index (χ0) is 15.7. The van der Waals surface area contributed by atoms with Crippen molar-refractivity contribution in [3.05, 3.63) is 47.9 Å². The van der Waals surface area contributed by atoms with Crippen LogP contribution in [0.3, 0.4) is 0 Å². The van der Waals surface area contributed by atoms with E-state index in [4.69, 9.17) is 11.6 Å². The molecule has 0 spiro atoms. The van der Waals surface area contributed by atoms with Crippen molar-refractivity contribution in [2.45, 2.75) is 18.4 Å². The van der Waals surface area contributed by atoms with Crippen LogP contribution in [0, 0.1) is 0 Å². The lowest BCUT2D eigenvalue weighted by Gasteiger charge is -2.09. The quantitative estimate of drug-likeness (QED) is 0.794. The van der Waals surface area contributed by atoms with Crippen molar-refractivity contribution >= 4 is 38.2 Å². The highest BCUT2D eigenvalue weighted by Gasteiger charge is 2.19. The van der Waals surface area contributed by atoms with Crippen molar-refractivity contribution in [2.24, 2.45) is 0 Å². The fourth-order valence-corrected chi connectivity index (χ4v) is 3.59. The molecule has 0 radical (unpaired) electrons. The topological polar surface area (TPSA) is 76.9 Å². The van der Waals surface area contributed by atoms with E-state index in [0.717, 1.165) is 0 Å². The number of rotatable bonds is 4. The number of nitrogens with one attached hydrogen (secondary N) is 1. The van der Waals surface area contributed by atoms with E-state index in [1.165, 1.54) is 18.3 Å². The van der Waals surface area contributed by atoms with Crippen molar-refractivity contribution in [1.29, 1.82) is 0 Å². The van der Waals surface area contributed by atoms with Gasteiger partial charge in [-0.2, -0.15) is 5.10 Å². The van der Waals surface area contributed by atoms with Gasteiger partial charge in [-0.05, 0) is 31.2 Å². The lowest BCUT2D eigenvalue weighted by atomic mass is 10.2. The predicted molar refractivity (Wildman–Crippen MR) is 85.5 cm³/mol. The Balaban J connectivity index is 2.07. The third kappa shape index (κ3) is 2.65. The zero-order valence-corrected chi connectivity index (χ0v) is 13.3. The molecule has 0 aliphatic rings. The minimum atomic E-state index is -3.75. The van der Waals surface area contributed by atoms with Gasteiger partial charge in [0, 0.05) is 24.3 Å². The van der Waals surface area contributed by atoms with Gasteiger partial charge in [0.25, 0.3) is 10.0 Å². The van der Waals surface area contributed by atoms with Crippen LogP contribution in [-0.4, -0.2) is 23.2 Å². The molecule has 2 heterocycles. The van der Waals surface area contributed by atoms with Crippen LogP contribution in [0.15, 0.2) is 47.8 Å². The summed E-state index contributed by atoms with van der Waals surface area (Å²) in [6, 6.07) is 6.35. The fourth-order valence-electron chi connectivity index (χ4n) is 2.15. The minimum absolute atomic E-state index is 0.129. The van der Waals surface area contributed by atoms with Crippen molar-refractivity contribution in [2.75, 3.05) is 4.72 Å². The third-order valence-corrected chi connectivity index (χ3v) is 4.92. The van der Waals surface area contributed by atoms with Gasteiger partial charge in [-0.15, -0.1) is 0 Å². The Kier molecular flexibility index (Phi) is 3.76. The minimum Gasteiger partial charge on any atom is -0.276 e. The predicted octanol–water partition coefficient (Wildman–Crippen LogP) is 2.91. The molecule has 0 aliphatic heterocycles. The number of aryl methyl sites for hydroxylation is 1. The average Bonchev–Trinajstić information content (AvgIpc) is 2.94. The molecular formula is C14H13ClN4O2S. The van der Waals surface area contributed by atoms with E-state index >= 15 is 0 Å². The second-order valence-electron chi connectivity index (χ2n) is 4.64. The molecule has 3 rings (SSSR count). The summed E-state index contributed by atoms with van der Waals surface area (Å²) >= 11 is 6.07. The number of benzene rings is 1. The molecule has 0 saturated carbocycles. The molecule has 0 fully saturated rings. The van der Waals surface area contributed by atoms with Crippen molar-refractivity contribution in [1.82, 2.24) is 14.8 Å². The first-order valence-corrected chi connectivity index (χ1v) is 8.46. The highest BCUT2D eigenvalue weighted by atomic mass is 35.5. The SMILES string of the molecule is CCn1cc(NS(=O)(=O)c2ccc(Cl)c3ncccc23)cn1. The van der Waals surface area contributed by atoms with Gasteiger partial charge >= 0.3 is 0 Å². The van der Waals surface area contributed by atoms with E-state index in [1.54, 1.807) is 29.2 Å². The molecule has 0 bridgehead atoms. The second kappa shape index (κ2) is 5.58. The summed E-state index contributed by atoms with van der Waals surface area (Å²) in [5.74, 6) is 0. The molecule has 0 amide bonds. The van der Waals surface area contributed by atoms with Gasteiger partial charge < -0.3 is 0 Å². The lowest BCUT2D eigenvalue weighted by molar-refractivity contribution is 0.602. The maximum atomic E-state index is 12.6. The van der Waals surface area contributed by atoms with E-state index in [1.807, 2.05) is 6.92 Å². The van der Waals surface area contributed by atoms with Crippen LogP contribution >= 0.6 is 11.6 Å². The molecule has 22 heavy (non-hydrogen) atoms. The van der Waals surface area contributed by atoms with E-state index in [0.29, 0.717) is 28.2 Å². The van der Waals surface area contributed by atoms with Crippen molar-refractivity contribution < 1.29 is 8.42 Å². The number of sulfonamides is 1. The average molecular weight is 337 g/mol. The molecule has 114 valence electrons. The van der Waals surface area contributed by atoms with E-state index < -0.39 is 10.0 Å². The van der Waals surface area contributed by atoms with Crippen LogP contribution in [0.25, 0.3) is 10.9 Å². The molecule has 3 aromatic rings. The molecule has 8 heteroatoms. The number of halogens is 1. The Morgan fingerprint density at radius 3 is 2.86 bits per heavy atom. The molecule has 0 unspecified atom stereocenters. The van der Waals surface area contributed by atoms with E-state index in [9.17, 15) is 8.42 Å². The van der Waals surface area contributed by atoms with Crippen LogP contribution in [0.2, 0.25) is 5.02 Å². The largest absolute Gasteiger partial charge is 0.276 e. The third-order valence-electron chi connectivity index (χ3n) is 3.18. The summed E-state index contributed by atoms with van der Waals surface area (Å²) in [5, 5.41) is 4.93. The number of hydrogen-bond donors (Lipinski definition) is 1. The highest BCUT2D eigenvalue weighted by Crippen LogP contribution is 2.28. The number of pyridine rings is 1. The standard InChI is InChI=1S/C14H13ClN4O2S/c1-2-19-9-10(8-17-19)18-22(20,21)13-6-5-12(15)14-11(13)4-3-7-16-14/h3-9,18H,2H2,1H3. The normalized spacial score (nSPS) is 11.7. The second-order valence-corrected chi connectivity index (χ2v) is 6.69. The van der Waals surface area contributed by atoms with Crippen molar-refractivity contribution in [3.8, 4) is 0 Å². The van der Waals surface area contributed by atoms with Crippen LogP contribution in [0.5, 0.6) is 0 Å². The zero-order valence-electron chi connectivity index (χ0n) is 11.7. The smallest absolute Gasteiger partial charge is 0.262 e. The summed E-state index contributed by atoms with van der Waals surface area (Å²) in [6.07, 6.45) is 4.68. The highest BCUT2D eigenvalue weighted by molar-refractivity contribution is 7.93. The Bertz CT molecular complexity index is 937. The maximum absolute atomic E-state index is 12.6. The number of hydrogen-bond acceptors (Lipinski definition) is 4. The van der Waals surface area contributed by atoms with Gasteiger partial charge in [0.2, 0.25) is 0 Å². The molecule has 0 atom stereocenters. The van der Waals surface area contributed by atoms with E-state index in [2.05, 4.69) is 14.8 Å². The molecule has 1 N–H and O–H groups in total. The molecular weight excluding hydrogens is 324 g/mol. The van der Waals surface area contributed by atoms with E-state index in [-0.39, 0.29) is 4.90 Å². The Hall–Kier alpha value is -2.12. The number of anilines is 1. The molecule has 0 aliphatic carbocycles. The summed E-state index contributed by atoms with van der Waals surface area (Å²) in [6.45, 7) is 2.58. The summed E-state index contributed by atoms with van der Waals surface area (Å²) in [4.78, 5) is 4.27. The number of nitrogens with zero attached hydrogens (tertiary/aromatic N) is 3. The Morgan fingerprint density at radius 2 is 2.14 bits per heavy atom. The molecule has 0 saturated heterocycles. The van der Waals surface area contributed by atoms with Gasteiger partial charge in [0.1, 0.15) is 0 Å². The van der Waals surface area contributed by atoms with Crippen LogP contribution in [0.1, 0.15) is 6.92 Å². The van der Waals surface area contributed by atoms with Gasteiger partial charge in [-0.1, -0.05) is 11.6 Å². The van der Waals surface area contributed by atoms with Gasteiger partial charge in [0.15, 0.2) is 0 Å².